The van der Waals surface area contributed by atoms with Crippen molar-refractivity contribution >= 4 is 27.5 Å². The highest BCUT2D eigenvalue weighted by molar-refractivity contribution is 9.09. The van der Waals surface area contributed by atoms with Crippen molar-refractivity contribution in [3.8, 4) is 0 Å². The van der Waals surface area contributed by atoms with Crippen molar-refractivity contribution in [2.75, 3.05) is 31.0 Å². The molecule has 0 aromatic carbocycles. The van der Waals surface area contributed by atoms with Crippen molar-refractivity contribution in [1.29, 1.82) is 0 Å². The van der Waals surface area contributed by atoms with Crippen molar-refractivity contribution in [3.63, 3.8) is 0 Å². The van der Waals surface area contributed by atoms with Gasteiger partial charge in [0, 0.05) is 11.9 Å². The van der Waals surface area contributed by atoms with Gasteiger partial charge in [-0.05, 0) is 13.8 Å². The quantitative estimate of drug-likeness (QED) is 0.516. The minimum atomic E-state index is -0.265. The molecule has 0 rings (SSSR count). The maximum Gasteiger partial charge on any atom is 0.0886 e. The first-order valence-electron chi connectivity index (χ1n) is 4.02. The average Bonchev–Trinajstić information content (AvgIpc) is 2.12. The predicted octanol–water partition coefficient (Wildman–Crippen LogP) is 2.43. The Hall–Kier alpha value is 0.690. The average molecular weight is 260 g/mol. The highest BCUT2D eigenvalue weighted by Crippen LogP contribution is 2.15. The van der Waals surface area contributed by atoms with Gasteiger partial charge in [-0.25, -0.2) is 0 Å². The molecular formula is C8H16BrClO2. The van der Waals surface area contributed by atoms with E-state index in [-0.39, 0.29) is 5.60 Å². The first-order valence-corrected chi connectivity index (χ1v) is 5.67. The van der Waals surface area contributed by atoms with Crippen molar-refractivity contribution in [2.24, 2.45) is 0 Å². The molecule has 0 radical (unpaired) electrons. The maximum atomic E-state index is 5.73. The zero-order valence-electron chi connectivity index (χ0n) is 7.61. The standard InChI is InChI=1S/C8H16BrClO2/c1-3-11-4-5-12-8(2,6-9)7-10/h3-7H2,1-2H3. The molecular weight excluding hydrogens is 243 g/mol. The molecule has 0 N–H and O–H groups in total. The Kier molecular flexibility index (Phi) is 7.54. The third kappa shape index (κ3) is 5.36. The first-order chi connectivity index (χ1) is 5.68. The third-order valence-electron chi connectivity index (χ3n) is 1.45. The summed E-state index contributed by atoms with van der Waals surface area (Å²) in [6, 6.07) is 0. The summed E-state index contributed by atoms with van der Waals surface area (Å²) >= 11 is 9.08. The van der Waals surface area contributed by atoms with E-state index in [4.69, 9.17) is 21.1 Å². The predicted molar refractivity (Wildman–Crippen MR) is 55.4 cm³/mol. The SMILES string of the molecule is CCOCCOC(C)(CCl)CBr. The fourth-order valence-electron chi connectivity index (χ4n) is 0.604. The van der Waals surface area contributed by atoms with E-state index < -0.39 is 0 Å². The molecule has 0 spiro atoms. The lowest BCUT2D eigenvalue weighted by molar-refractivity contribution is -0.0275. The van der Waals surface area contributed by atoms with Crippen LogP contribution in [0.2, 0.25) is 0 Å². The van der Waals surface area contributed by atoms with Crippen molar-refractivity contribution < 1.29 is 9.47 Å². The lowest BCUT2D eigenvalue weighted by Crippen LogP contribution is -2.34. The second kappa shape index (κ2) is 7.13. The molecule has 0 saturated heterocycles. The highest BCUT2D eigenvalue weighted by atomic mass is 79.9. The largest absolute Gasteiger partial charge is 0.379 e. The Morgan fingerprint density at radius 3 is 2.50 bits per heavy atom. The smallest absolute Gasteiger partial charge is 0.0886 e. The molecule has 0 aliphatic carbocycles. The van der Waals surface area contributed by atoms with E-state index in [1.807, 2.05) is 13.8 Å². The zero-order chi connectivity index (χ0) is 9.45. The minimum absolute atomic E-state index is 0.265. The maximum absolute atomic E-state index is 5.73. The van der Waals surface area contributed by atoms with Gasteiger partial charge in [-0.1, -0.05) is 15.9 Å². The molecule has 12 heavy (non-hydrogen) atoms. The molecule has 0 bridgehead atoms. The van der Waals surface area contributed by atoms with Gasteiger partial charge in [0.1, 0.15) is 0 Å². The molecule has 4 heteroatoms. The van der Waals surface area contributed by atoms with Crippen LogP contribution in [0.4, 0.5) is 0 Å². The molecule has 0 fully saturated rings. The lowest BCUT2D eigenvalue weighted by Gasteiger charge is -2.24. The van der Waals surface area contributed by atoms with Crippen LogP contribution in [-0.2, 0) is 9.47 Å². The summed E-state index contributed by atoms with van der Waals surface area (Å²) in [5.74, 6) is 0.490. The van der Waals surface area contributed by atoms with Gasteiger partial charge in [0.15, 0.2) is 0 Å². The number of ether oxygens (including phenoxy) is 2. The van der Waals surface area contributed by atoms with Crippen LogP contribution in [-0.4, -0.2) is 36.6 Å². The molecule has 1 atom stereocenters. The van der Waals surface area contributed by atoms with E-state index in [1.165, 1.54) is 0 Å². The van der Waals surface area contributed by atoms with Crippen LogP contribution in [0, 0.1) is 0 Å². The van der Waals surface area contributed by atoms with Crippen LogP contribution in [0.1, 0.15) is 13.8 Å². The fourth-order valence-corrected chi connectivity index (χ4v) is 1.36. The van der Waals surface area contributed by atoms with E-state index in [0.29, 0.717) is 19.1 Å². The number of rotatable bonds is 7. The zero-order valence-corrected chi connectivity index (χ0v) is 9.95. The lowest BCUT2D eigenvalue weighted by atomic mass is 10.2. The Morgan fingerprint density at radius 2 is 2.08 bits per heavy atom. The summed E-state index contributed by atoms with van der Waals surface area (Å²) in [7, 11) is 0. The molecule has 0 saturated carbocycles. The molecule has 0 aromatic rings. The topological polar surface area (TPSA) is 18.5 Å². The number of halogens is 2. The van der Waals surface area contributed by atoms with Gasteiger partial charge >= 0.3 is 0 Å². The second-order valence-corrected chi connectivity index (χ2v) is 3.59. The van der Waals surface area contributed by atoms with Crippen molar-refractivity contribution in [1.82, 2.24) is 0 Å². The van der Waals surface area contributed by atoms with Gasteiger partial charge in [-0.15, -0.1) is 11.6 Å². The van der Waals surface area contributed by atoms with Crippen LogP contribution in [0.15, 0.2) is 0 Å². The summed E-state index contributed by atoms with van der Waals surface area (Å²) in [5.41, 5.74) is -0.265. The van der Waals surface area contributed by atoms with Gasteiger partial charge < -0.3 is 9.47 Å². The molecule has 2 nitrogen and oxygen atoms in total. The van der Waals surface area contributed by atoms with E-state index in [0.717, 1.165) is 11.9 Å². The van der Waals surface area contributed by atoms with Crippen LogP contribution in [0.3, 0.4) is 0 Å². The minimum Gasteiger partial charge on any atom is -0.379 e. The first kappa shape index (κ1) is 12.7. The van der Waals surface area contributed by atoms with E-state index >= 15 is 0 Å². The molecule has 1 unspecified atom stereocenters. The molecule has 0 amide bonds. The van der Waals surface area contributed by atoms with Crippen LogP contribution >= 0.6 is 27.5 Å². The Labute approximate surface area is 87.7 Å². The number of hydrogen-bond donors (Lipinski definition) is 0. The van der Waals surface area contributed by atoms with E-state index in [1.54, 1.807) is 0 Å². The Morgan fingerprint density at radius 1 is 1.42 bits per heavy atom. The number of hydrogen-bond acceptors (Lipinski definition) is 2. The van der Waals surface area contributed by atoms with Crippen molar-refractivity contribution in [3.05, 3.63) is 0 Å². The molecule has 0 aromatic heterocycles. The Bertz CT molecular complexity index is 107. The number of alkyl halides is 2. The van der Waals surface area contributed by atoms with Gasteiger partial charge in [0.05, 0.1) is 24.7 Å². The summed E-state index contributed by atoms with van der Waals surface area (Å²) in [6.07, 6.45) is 0. The molecule has 0 aliphatic rings. The summed E-state index contributed by atoms with van der Waals surface area (Å²) in [5, 5.41) is 0.746. The summed E-state index contributed by atoms with van der Waals surface area (Å²) in [4.78, 5) is 0. The van der Waals surface area contributed by atoms with Gasteiger partial charge in [0.2, 0.25) is 0 Å². The molecule has 0 aliphatic heterocycles. The molecule has 74 valence electrons. The normalized spacial score (nSPS) is 16.0. The third-order valence-corrected chi connectivity index (χ3v) is 3.20. The second-order valence-electron chi connectivity index (χ2n) is 2.76. The Balaban J connectivity index is 3.45. The summed E-state index contributed by atoms with van der Waals surface area (Å²) in [6.45, 7) is 5.90. The van der Waals surface area contributed by atoms with Crippen molar-refractivity contribution in [2.45, 2.75) is 19.4 Å². The van der Waals surface area contributed by atoms with Gasteiger partial charge in [0.25, 0.3) is 0 Å². The highest BCUT2D eigenvalue weighted by Gasteiger charge is 2.21. The van der Waals surface area contributed by atoms with Gasteiger partial charge in [-0.3, -0.25) is 0 Å². The van der Waals surface area contributed by atoms with Gasteiger partial charge in [-0.2, -0.15) is 0 Å². The summed E-state index contributed by atoms with van der Waals surface area (Å²) < 4.78 is 10.7. The fraction of sp³-hybridized carbons (Fsp3) is 1.00. The van der Waals surface area contributed by atoms with E-state index in [9.17, 15) is 0 Å². The van der Waals surface area contributed by atoms with Crippen LogP contribution in [0.25, 0.3) is 0 Å². The van der Waals surface area contributed by atoms with Crippen LogP contribution in [0.5, 0.6) is 0 Å². The molecule has 0 heterocycles. The van der Waals surface area contributed by atoms with E-state index in [2.05, 4.69) is 15.9 Å². The monoisotopic (exact) mass is 258 g/mol. The van der Waals surface area contributed by atoms with Crippen LogP contribution < -0.4 is 0 Å².